The number of allylic oxidation sites excluding steroid dienone is 3. The van der Waals surface area contributed by atoms with Gasteiger partial charge >= 0.3 is 0 Å². The normalized spacial score (nSPS) is 18.9. The van der Waals surface area contributed by atoms with Crippen LogP contribution in [0.3, 0.4) is 0 Å². The van der Waals surface area contributed by atoms with Crippen LogP contribution in [0, 0.1) is 5.92 Å². The van der Waals surface area contributed by atoms with E-state index < -0.39 is 0 Å². The largest absolute Gasteiger partial charge is 0.355 e. The molecule has 0 unspecified atom stereocenters. The smallest absolute Gasteiger partial charge is 0.256 e. The lowest BCUT2D eigenvalue weighted by atomic mass is 10.1. The molecule has 5 rings (SSSR count). The van der Waals surface area contributed by atoms with E-state index >= 15 is 0 Å². The third kappa shape index (κ3) is 3.24. The molecule has 0 bridgehead atoms. The van der Waals surface area contributed by atoms with Crippen LogP contribution in [0.1, 0.15) is 29.6 Å². The Labute approximate surface area is 163 Å². The number of aromatic nitrogens is 3. The van der Waals surface area contributed by atoms with Gasteiger partial charge < -0.3 is 15.1 Å². The molecule has 7 heteroatoms. The molecule has 0 radical (unpaired) electrons. The molecular weight excluding hydrogens is 352 g/mol. The van der Waals surface area contributed by atoms with Gasteiger partial charge in [0, 0.05) is 30.7 Å². The Kier molecular flexibility index (Phi) is 4.27. The monoisotopic (exact) mass is 374 g/mol. The first-order valence-electron chi connectivity index (χ1n) is 9.73. The second kappa shape index (κ2) is 7.07. The van der Waals surface area contributed by atoms with Gasteiger partial charge in [0.1, 0.15) is 6.33 Å². The molecule has 2 aromatic heterocycles. The molecule has 3 aliphatic rings. The Morgan fingerprint density at radius 2 is 1.89 bits per heavy atom. The average Bonchev–Trinajstić information content (AvgIpc) is 3.52. The summed E-state index contributed by atoms with van der Waals surface area (Å²) in [5.41, 5.74) is 4.76. The number of amides is 1. The predicted molar refractivity (Wildman–Crippen MR) is 107 cm³/mol. The van der Waals surface area contributed by atoms with E-state index in [1.54, 1.807) is 18.6 Å². The summed E-state index contributed by atoms with van der Waals surface area (Å²) < 4.78 is 0. The fraction of sp³-hybridized carbons (Fsp3) is 0.333. The van der Waals surface area contributed by atoms with Crippen molar-refractivity contribution in [1.82, 2.24) is 19.9 Å². The van der Waals surface area contributed by atoms with E-state index in [2.05, 4.69) is 37.3 Å². The highest BCUT2D eigenvalue weighted by atomic mass is 16.2. The maximum Gasteiger partial charge on any atom is 0.256 e. The van der Waals surface area contributed by atoms with Crippen LogP contribution in [0.25, 0.3) is 0 Å². The van der Waals surface area contributed by atoms with Gasteiger partial charge in [0.15, 0.2) is 0 Å². The fourth-order valence-electron chi connectivity index (χ4n) is 3.65. The molecule has 0 spiro atoms. The van der Waals surface area contributed by atoms with Gasteiger partial charge in [0.25, 0.3) is 5.91 Å². The molecule has 1 aliphatic carbocycles. The van der Waals surface area contributed by atoms with Crippen molar-refractivity contribution in [2.75, 3.05) is 29.9 Å². The molecule has 7 nitrogen and oxygen atoms in total. The van der Waals surface area contributed by atoms with Crippen molar-refractivity contribution in [2.24, 2.45) is 5.92 Å². The number of carbonyl (C=O) groups is 1. The Morgan fingerprint density at radius 1 is 1.07 bits per heavy atom. The van der Waals surface area contributed by atoms with Crippen molar-refractivity contribution in [3.63, 3.8) is 0 Å². The lowest BCUT2D eigenvalue weighted by molar-refractivity contribution is 0.0652. The number of pyridine rings is 1. The Bertz CT molecular complexity index is 946. The van der Waals surface area contributed by atoms with Crippen LogP contribution in [0.15, 0.2) is 60.7 Å². The second-order valence-corrected chi connectivity index (χ2v) is 7.43. The fourth-order valence-corrected chi connectivity index (χ4v) is 3.65. The summed E-state index contributed by atoms with van der Waals surface area (Å²) in [4.78, 5) is 29.6. The zero-order valence-electron chi connectivity index (χ0n) is 15.6. The van der Waals surface area contributed by atoms with Crippen LogP contribution < -0.4 is 10.2 Å². The Hall–Kier alpha value is -3.22. The van der Waals surface area contributed by atoms with Crippen molar-refractivity contribution in [2.45, 2.75) is 19.3 Å². The zero-order valence-corrected chi connectivity index (χ0v) is 15.6. The summed E-state index contributed by atoms with van der Waals surface area (Å²) in [6, 6.07) is 1.84. The number of anilines is 2. The van der Waals surface area contributed by atoms with E-state index in [1.807, 2.05) is 17.2 Å². The lowest BCUT2D eigenvalue weighted by Crippen LogP contribution is -2.43. The van der Waals surface area contributed by atoms with Crippen molar-refractivity contribution in [1.29, 1.82) is 0 Å². The van der Waals surface area contributed by atoms with Crippen LogP contribution >= 0.6 is 0 Å². The van der Waals surface area contributed by atoms with Gasteiger partial charge in [-0.1, -0.05) is 0 Å². The van der Waals surface area contributed by atoms with Gasteiger partial charge in [-0.3, -0.25) is 9.78 Å². The SMILES string of the molecule is O=C(c1ccncc1N1CC(Nc2cncnc2)=CC=C1C1CC1)N1CCC1. The number of hydrogen-bond acceptors (Lipinski definition) is 6. The van der Waals surface area contributed by atoms with Gasteiger partial charge in [0.05, 0.1) is 42.1 Å². The molecule has 142 valence electrons. The number of carbonyl (C=O) groups excluding carboxylic acids is 1. The van der Waals surface area contributed by atoms with Crippen LogP contribution in [0.4, 0.5) is 11.4 Å². The molecule has 1 saturated heterocycles. The summed E-state index contributed by atoms with van der Waals surface area (Å²) in [7, 11) is 0. The van der Waals surface area contributed by atoms with Crippen molar-refractivity contribution in [3.8, 4) is 0 Å². The van der Waals surface area contributed by atoms with Crippen LogP contribution in [-0.2, 0) is 0 Å². The summed E-state index contributed by atoms with van der Waals surface area (Å²) >= 11 is 0. The molecule has 2 fully saturated rings. The minimum absolute atomic E-state index is 0.0966. The second-order valence-electron chi connectivity index (χ2n) is 7.43. The van der Waals surface area contributed by atoms with Gasteiger partial charge in [-0.25, -0.2) is 9.97 Å². The van der Waals surface area contributed by atoms with E-state index in [4.69, 9.17) is 0 Å². The standard InChI is InChI=1S/C21H22N6O/c28-21(26-8-1-9-26)18-6-7-22-12-20(18)27-13-16(4-5-19(27)15-2-3-15)25-17-10-23-14-24-11-17/h4-7,10-12,14-15,25H,1-3,8-9,13H2. The summed E-state index contributed by atoms with van der Waals surface area (Å²) in [6.07, 6.45) is 16.3. The highest BCUT2D eigenvalue weighted by Gasteiger charge is 2.34. The Balaban J connectivity index is 1.46. The molecule has 2 aliphatic heterocycles. The van der Waals surface area contributed by atoms with E-state index in [1.165, 1.54) is 24.9 Å². The van der Waals surface area contributed by atoms with Crippen LogP contribution in [-0.4, -0.2) is 45.4 Å². The van der Waals surface area contributed by atoms with Crippen LogP contribution in [0.2, 0.25) is 0 Å². The lowest BCUT2D eigenvalue weighted by Gasteiger charge is -2.35. The number of nitrogens with zero attached hydrogens (tertiary/aromatic N) is 5. The summed E-state index contributed by atoms with van der Waals surface area (Å²) in [6.45, 7) is 2.34. The van der Waals surface area contributed by atoms with Crippen molar-refractivity contribution >= 4 is 17.3 Å². The quantitative estimate of drug-likeness (QED) is 0.868. The van der Waals surface area contributed by atoms with Crippen molar-refractivity contribution in [3.05, 3.63) is 66.3 Å². The maximum atomic E-state index is 13.0. The van der Waals surface area contributed by atoms with E-state index in [0.29, 0.717) is 12.5 Å². The van der Waals surface area contributed by atoms with E-state index in [0.717, 1.165) is 42.1 Å². The third-order valence-electron chi connectivity index (χ3n) is 5.42. The highest BCUT2D eigenvalue weighted by Crippen LogP contribution is 2.42. The predicted octanol–water partition coefficient (Wildman–Crippen LogP) is 2.83. The molecule has 4 heterocycles. The van der Waals surface area contributed by atoms with Gasteiger partial charge in [-0.2, -0.15) is 0 Å². The first-order valence-corrected chi connectivity index (χ1v) is 9.73. The maximum absolute atomic E-state index is 13.0. The first kappa shape index (κ1) is 16.9. The van der Waals surface area contributed by atoms with Gasteiger partial charge in [0.2, 0.25) is 0 Å². The Morgan fingerprint density at radius 3 is 2.61 bits per heavy atom. The topological polar surface area (TPSA) is 74.2 Å². The summed E-state index contributed by atoms with van der Waals surface area (Å²) in [5, 5.41) is 3.39. The molecule has 2 aromatic rings. The zero-order chi connectivity index (χ0) is 18.9. The van der Waals surface area contributed by atoms with Crippen LogP contribution in [0.5, 0.6) is 0 Å². The van der Waals surface area contributed by atoms with Crippen molar-refractivity contribution < 1.29 is 4.79 Å². The first-order chi connectivity index (χ1) is 13.8. The minimum atomic E-state index is 0.0966. The number of rotatable bonds is 5. The average molecular weight is 374 g/mol. The number of likely N-dealkylation sites (tertiary alicyclic amines) is 1. The molecule has 1 amide bonds. The number of hydrogen-bond donors (Lipinski definition) is 1. The highest BCUT2D eigenvalue weighted by molar-refractivity contribution is 6.00. The molecule has 1 N–H and O–H groups in total. The molecular formula is C21H22N6O. The van der Waals surface area contributed by atoms with E-state index in [9.17, 15) is 4.79 Å². The van der Waals surface area contributed by atoms with Gasteiger partial charge in [-0.05, 0) is 43.4 Å². The molecule has 0 atom stereocenters. The van der Waals surface area contributed by atoms with E-state index in [-0.39, 0.29) is 5.91 Å². The molecule has 0 aromatic carbocycles. The molecule has 28 heavy (non-hydrogen) atoms. The third-order valence-corrected chi connectivity index (χ3v) is 5.42. The van der Waals surface area contributed by atoms with Gasteiger partial charge in [-0.15, -0.1) is 0 Å². The number of nitrogens with one attached hydrogen (secondary N) is 1. The molecule has 1 saturated carbocycles. The minimum Gasteiger partial charge on any atom is -0.355 e. The summed E-state index contributed by atoms with van der Waals surface area (Å²) in [5.74, 6) is 0.657.